The van der Waals surface area contributed by atoms with Crippen molar-refractivity contribution in [3.8, 4) is 0 Å². The van der Waals surface area contributed by atoms with E-state index in [1.807, 2.05) is 6.07 Å². The van der Waals surface area contributed by atoms with Crippen LogP contribution in [0.3, 0.4) is 0 Å². The fraction of sp³-hybridized carbons (Fsp3) is 0.706. The first-order valence-electron chi connectivity index (χ1n) is 8.09. The molecular formula is C17H28N2OS. The van der Waals surface area contributed by atoms with Gasteiger partial charge in [-0.1, -0.05) is 31.7 Å². The van der Waals surface area contributed by atoms with Crippen molar-refractivity contribution in [3.63, 3.8) is 0 Å². The van der Waals surface area contributed by atoms with Crippen molar-refractivity contribution in [2.45, 2.75) is 56.9 Å². The quantitative estimate of drug-likeness (QED) is 0.816. The van der Waals surface area contributed by atoms with Crippen LogP contribution in [0, 0.1) is 0 Å². The number of nitrogens with one attached hydrogen (secondary N) is 1. The molecule has 1 saturated carbocycles. The molecule has 0 spiro atoms. The fourth-order valence-corrected chi connectivity index (χ4v) is 3.92. The Hall–Kier alpha value is -0.870. The molecule has 1 aromatic heterocycles. The fourth-order valence-electron chi connectivity index (χ4n) is 3.21. The summed E-state index contributed by atoms with van der Waals surface area (Å²) >= 11 is 1.73. The highest BCUT2D eigenvalue weighted by molar-refractivity contribution is 7.09. The Morgan fingerprint density at radius 3 is 2.57 bits per heavy atom. The van der Waals surface area contributed by atoms with Gasteiger partial charge in [-0.15, -0.1) is 11.3 Å². The molecular weight excluding hydrogens is 280 g/mol. The largest absolute Gasteiger partial charge is 0.354 e. The van der Waals surface area contributed by atoms with E-state index in [-0.39, 0.29) is 11.4 Å². The second-order valence-electron chi connectivity index (χ2n) is 6.39. The predicted octanol–water partition coefficient (Wildman–Crippen LogP) is 3.45. The van der Waals surface area contributed by atoms with Crippen LogP contribution in [0.2, 0.25) is 0 Å². The molecule has 1 aromatic rings. The van der Waals surface area contributed by atoms with E-state index in [1.165, 1.54) is 43.4 Å². The maximum atomic E-state index is 12.1. The van der Waals surface area contributed by atoms with Gasteiger partial charge in [0.15, 0.2) is 0 Å². The normalized spacial score (nSPS) is 18.4. The average Bonchev–Trinajstić information content (AvgIpc) is 2.87. The van der Waals surface area contributed by atoms with Crippen molar-refractivity contribution in [2.75, 3.05) is 20.6 Å². The Balaban J connectivity index is 1.82. The lowest BCUT2D eigenvalue weighted by Crippen LogP contribution is -2.52. The molecule has 0 aromatic carbocycles. The Morgan fingerprint density at radius 1 is 1.29 bits per heavy atom. The predicted molar refractivity (Wildman–Crippen MR) is 89.8 cm³/mol. The zero-order chi connectivity index (χ0) is 15.1. The molecule has 2 rings (SSSR count). The smallest absolute Gasteiger partial charge is 0.220 e. The Kier molecular flexibility index (Phi) is 6.24. The van der Waals surface area contributed by atoms with Gasteiger partial charge in [-0.3, -0.25) is 4.79 Å². The molecule has 21 heavy (non-hydrogen) atoms. The monoisotopic (exact) mass is 308 g/mol. The second kappa shape index (κ2) is 7.95. The highest BCUT2D eigenvalue weighted by Crippen LogP contribution is 2.30. The second-order valence-corrected chi connectivity index (χ2v) is 7.42. The van der Waals surface area contributed by atoms with Crippen molar-refractivity contribution in [2.24, 2.45) is 0 Å². The van der Waals surface area contributed by atoms with Crippen LogP contribution < -0.4 is 5.32 Å². The van der Waals surface area contributed by atoms with E-state index in [0.29, 0.717) is 6.42 Å². The zero-order valence-electron chi connectivity index (χ0n) is 13.4. The number of carbonyl (C=O) groups excluding carboxylic acids is 1. The van der Waals surface area contributed by atoms with E-state index in [2.05, 4.69) is 35.8 Å². The number of hydrogen-bond donors (Lipinski definition) is 1. The molecule has 118 valence electrons. The van der Waals surface area contributed by atoms with Crippen LogP contribution in [0.5, 0.6) is 0 Å². The van der Waals surface area contributed by atoms with Crippen molar-refractivity contribution >= 4 is 17.2 Å². The van der Waals surface area contributed by atoms with Crippen LogP contribution >= 0.6 is 11.3 Å². The molecule has 0 saturated heterocycles. The summed E-state index contributed by atoms with van der Waals surface area (Å²) in [5.74, 6) is 0.189. The highest BCUT2D eigenvalue weighted by atomic mass is 32.1. The van der Waals surface area contributed by atoms with Crippen molar-refractivity contribution < 1.29 is 4.79 Å². The van der Waals surface area contributed by atoms with E-state index in [0.717, 1.165) is 13.0 Å². The molecule has 4 heteroatoms. The van der Waals surface area contributed by atoms with Gasteiger partial charge in [0.1, 0.15) is 0 Å². The van der Waals surface area contributed by atoms with Crippen molar-refractivity contribution in [1.82, 2.24) is 10.2 Å². The molecule has 1 aliphatic carbocycles. The summed E-state index contributed by atoms with van der Waals surface area (Å²) < 4.78 is 0. The maximum Gasteiger partial charge on any atom is 0.220 e. The lowest BCUT2D eigenvalue weighted by atomic mass is 9.88. The summed E-state index contributed by atoms with van der Waals surface area (Å²) in [6.45, 7) is 0.795. The minimum Gasteiger partial charge on any atom is -0.354 e. The standard InChI is InChI=1S/C17H28N2OS/c1-19(2)17(11-5-3-4-6-12-17)14-18-16(20)10-9-15-8-7-13-21-15/h7-8,13H,3-6,9-12,14H2,1-2H3,(H,18,20). The lowest BCUT2D eigenvalue weighted by Gasteiger charge is -2.39. The van der Waals surface area contributed by atoms with Crippen LogP contribution in [0.1, 0.15) is 49.8 Å². The maximum absolute atomic E-state index is 12.1. The van der Waals surface area contributed by atoms with Crippen LogP contribution in [-0.4, -0.2) is 37.0 Å². The van der Waals surface area contributed by atoms with Crippen LogP contribution in [-0.2, 0) is 11.2 Å². The zero-order valence-corrected chi connectivity index (χ0v) is 14.2. The topological polar surface area (TPSA) is 32.3 Å². The molecule has 3 nitrogen and oxygen atoms in total. The van der Waals surface area contributed by atoms with Crippen molar-refractivity contribution in [3.05, 3.63) is 22.4 Å². The van der Waals surface area contributed by atoms with Gasteiger partial charge in [-0.05, 0) is 44.8 Å². The lowest BCUT2D eigenvalue weighted by molar-refractivity contribution is -0.121. The van der Waals surface area contributed by atoms with Gasteiger partial charge in [0.05, 0.1) is 0 Å². The van der Waals surface area contributed by atoms with Crippen molar-refractivity contribution in [1.29, 1.82) is 0 Å². The van der Waals surface area contributed by atoms with Gasteiger partial charge in [-0.2, -0.15) is 0 Å². The molecule has 0 radical (unpaired) electrons. The Labute approximate surface area is 132 Å². The molecule has 0 aliphatic heterocycles. The number of aryl methyl sites for hydroxylation is 1. The first-order valence-corrected chi connectivity index (χ1v) is 8.97. The number of rotatable bonds is 6. The number of hydrogen-bond acceptors (Lipinski definition) is 3. The number of amides is 1. The summed E-state index contributed by atoms with van der Waals surface area (Å²) in [6, 6.07) is 4.15. The third kappa shape index (κ3) is 4.82. The van der Waals surface area contributed by atoms with E-state index in [1.54, 1.807) is 11.3 Å². The number of thiophene rings is 1. The molecule has 1 N–H and O–H groups in total. The molecule has 1 aliphatic rings. The minimum absolute atomic E-state index is 0.162. The van der Waals surface area contributed by atoms with Gasteiger partial charge in [0.2, 0.25) is 5.91 Å². The summed E-state index contributed by atoms with van der Waals surface area (Å²) in [4.78, 5) is 15.7. The van der Waals surface area contributed by atoms with Crippen LogP contribution in [0.25, 0.3) is 0 Å². The van der Waals surface area contributed by atoms with E-state index in [9.17, 15) is 4.79 Å². The van der Waals surface area contributed by atoms with E-state index in [4.69, 9.17) is 0 Å². The van der Waals surface area contributed by atoms with Gasteiger partial charge in [0, 0.05) is 23.4 Å². The van der Waals surface area contributed by atoms with Crippen LogP contribution in [0.4, 0.5) is 0 Å². The molecule has 0 bridgehead atoms. The third-order valence-corrected chi connectivity index (χ3v) is 5.71. The Bertz CT molecular complexity index is 420. The average molecular weight is 308 g/mol. The SMILES string of the molecule is CN(C)C1(CNC(=O)CCc2cccs2)CCCCCC1. The molecule has 0 unspecified atom stereocenters. The van der Waals surface area contributed by atoms with Crippen LogP contribution in [0.15, 0.2) is 17.5 Å². The van der Waals surface area contributed by atoms with E-state index >= 15 is 0 Å². The molecule has 0 atom stereocenters. The molecule has 1 heterocycles. The van der Waals surface area contributed by atoms with Gasteiger partial charge in [-0.25, -0.2) is 0 Å². The summed E-state index contributed by atoms with van der Waals surface area (Å²) in [5, 5.41) is 5.26. The van der Waals surface area contributed by atoms with E-state index < -0.39 is 0 Å². The van der Waals surface area contributed by atoms with Gasteiger partial charge >= 0.3 is 0 Å². The third-order valence-electron chi connectivity index (χ3n) is 4.78. The number of likely N-dealkylation sites (N-methyl/N-ethyl adjacent to an activating group) is 1. The first kappa shape index (κ1) is 16.5. The number of nitrogens with zero attached hydrogens (tertiary/aromatic N) is 1. The highest BCUT2D eigenvalue weighted by Gasteiger charge is 2.33. The van der Waals surface area contributed by atoms with Gasteiger partial charge in [0.25, 0.3) is 0 Å². The van der Waals surface area contributed by atoms with Gasteiger partial charge < -0.3 is 10.2 Å². The first-order chi connectivity index (χ1) is 10.1. The number of carbonyl (C=O) groups is 1. The molecule has 1 fully saturated rings. The minimum atomic E-state index is 0.162. The summed E-state index contributed by atoms with van der Waals surface area (Å²) in [5.41, 5.74) is 0.162. The Morgan fingerprint density at radius 2 is 2.00 bits per heavy atom. The summed E-state index contributed by atoms with van der Waals surface area (Å²) in [7, 11) is 4.31. The molecule has 1 amide bonds. The summed E-state index contributed by atoms with van der Waals surface area (Å²) in [6.07, 6.45) is 9.09.